The number of pyridine rings is 1. The van der Waals surface area contributed by atoms with Gasteiger partial charge >= 0.3 is 0 Å². The number of benzene rings is 2. The molecule has 0 amide bonds. The van der Waals surface area contributed by atoms with Crippen LogP contribution < -0.4 is 0 Å². The summed E-state index contributed by atoms with van der Waals surface area (Å²) in [6, 6.07) is 18.4. The van der Waals surface area contributed by atoms with Gasteiger partial charge in [-0.05, 0) is 73.4 Å². The molecule has 0 bridgehead atoms. The maximum atomic E-state index is 12.7. The maximum absolute atomic E-state index is 12.7. The lowest BCUT2D eigenvalue weighted by Crippen LogP contribution is -2.37. The highest BCUT2D eigenvalue weighted by atomic mass is 16.1. The number of amidine groups is 1. The predicted octanol–water partition coefficient (Wildman–Crippen LogP) is 5.69. The Hall–Kier alpha value is -3.01. The first kappa shape index (κ1) is 21.2. The third-order valence-electron chi connectivity index (χ3n) is 6.47. The predicted molar refractivity (Wildman–Crippen MR) is 127 cm³/mol. The number of hydrogen-bond acceptors (Lipinski definition) is 3. The van der Waals surface area contributed by atoms with Gasteiger partial charge in [0.15, 0.2) is 5.78 Å². The second-order valence-corrected chi connectivity index (χ2v) is 8.67. The number of aryl methyl sites for hydroxylation is 1. The molecular formula is C27H31N3O. The Morgan fingerprint density at radius 1 is 1.06 bits per heavy atom. The number of fused-ring (bicyclic) bond motifs is 1. The standard InChI is InChI=1S/C27H31N3O/c1-20(28)30-16-13-21(14-17-30)18-24-8-5-15-29-26(24)9-4-10-27(31)25-12-11-22-6-2-3-7-23(22)19-25/h2-3,5-8,11-12,15,19,21,28H,4,9-10,13-14,16-18H2,1H3. The normalized spacial score (nSPS) is 14.7. The number of carbonyl (C=O) groups is 1. The van der Waals surface area contributed by atoms with Gasteiger partial charge in [0.1, 0.15) is 0 Å². The smallest absolute Gasteiger partial charge is 0.162 e. The van der Waals surface area contributed by atoms with Crippen LogP contribution >= 0.6 is 0 Å². The zero-order valence-electron chi connectivity index (χ0n) is 18.3. The quantitative estimate of drug-likeness (QED) is 0.307. The van der Waals surface area contributed by atoms with E-state index in [-0.39, 0.29) is 5.78 Å². The molecule has 1 aliphatic rings. The summed E-state index contributed by atoms with van der Waals surface area (Å²) in [4.78, 5) is 19.5. The van der Waals surface area contributed by atoms with E-state index in [2.05, 4.69) is 28.1 Å². The van der Waals surface area contributed by atoms with Gasteiger partial charge in [-0.15, -0.1) is 0 Å². The van der Waals surface area contributed by atoms with Crippen LogP contribution in [0.25, 0.3) is 10.8 Å². The lowest BCUT2D eigenvalue weighted by Gasteiger charge is -2.33. The zero-order valence-corrected chi connectivity index (χ0v) is 18.3. The average Bonchev–Trinajstić information content (AvgIpc) is 2.80. The fraction of sp³-hybridized carbons (Fsp3) is 0.370. The van der Waals surface area contributed by atoms with Gasteiger partial charge in [0.25, 0.3) is 0 Å². The Bertz CT molecular complexity index is 1070. The van der Waals surface area contributed by atoms with E-state index in [4.69, 9.17) is 5.41 Å². The summed E-state index contributed by atoms with van der Waals surface area (Å²) >= 11 is 0. The van der Waals surface area contributed by atoms with Crippen LogP contribution in [-0.4, -0.2) is 34.6 Å². The Kier molecular flexibility index (Phi) is 6.76. The Labute approximate surface area is 184 Å². The van der Waals surface area contributed by atoms with E-state index in [1.807, 2.05) is 49.5 Å². The van der Waals surface area contributed by atoms with Crippen molar-refractivity contribution in [2.45, 2.75) is 45.4 Å². The Morgan fingerprint density at radius 3 is 2.61 bits per heavy atom. The molecule has 4 heteroatoms. The lowest BCUT2D eigenvalue weighted by molar-refractivity contribution is 0.0980. The number of ketones is 1. The number of aromatic nitrogens is 1. The molecule has 4 nitrogen and oxygen atoms in total. The molecule has 1 aliphatic heterocycles. The van der Waals surface area contributed by atoms with Gasteiger partial charge in [-0.2, -0.15) is 0 Å². The average molecular weight is 414 g/mol. The van der Waals surface area contributed by atoms with Gasteiger partial charge in [-0.1, -0.05) is 42.5 Å². The Morgan fingerprint density at radius 2 is 1.84 bits per heavy atom. The SMILES string of the molecule is CC(=N)N1CCC(Cc2cccnc2CCCC(=O)c2ccc3ccccc3c2)CC1. The number of nitrogens with zero attached hydrogens (tertiary/aromatic N) is 2. The number of piperidine rings is 1. The van der Waals surface area contributed by atoms with E-state index in [0.29, 0.717) is 18.2 Å². The molecule has 1 aromatic heterocycles. The second kappa shape index (κ2) is 9.86. The van der Waals surface area contributed by atoms with Crippen molar-refractivity contribution in [3.05, 3.63) is 77.6 Å². The second-order valence-electron chi connectivity index (χ2n) is 8.67. The number of nitrogens with one attached hydrogen (secondary N) is 1. The molecule has 160 valence electrons. The molecule has 0 spiro atoms. The highest BCUT2D eigenvalue weighted by Gasteiger charge is 2.20. The molecule has 0 unspecified atom stereocenters. The first-order valence-corrected chi connectivity index (χ1v) is 11.3. The first-order valence-electron chi connectivity index (χ1n) is 11.3. The van der Waals surface area contributed by atoms with Crippen LogP contribution in [-0.2, 0) is 12.8 Å². The molecule has 0 radical (unpaired) electrons. The molecule has 1 fully saturated rings. The van der Waals surface area contributed by atoms with Crippen molar-refractivity contribution in [3.8, 4) is 0 Å². The van der Waals surface area contributed by atoms with Crippen LogP contribution in [0.4, 0.5) is 0 Å². The molecule has 2 aromatic carbocycles. The largest absolute Gasteiger partial charge is 0.361 e. The van der Waals surface area contributed by atoms with E-state index in [9.17, 15) is 4.79 Å². The zero-order chi connectivity index (χ0) is 21.6. The third-order valence-corrected chi connectivity index (χ3v) is 6.47. The van der Waals surface area contributed by atoms with Crippen LogP contribution in [0.3, 0.4) is 0 Å². The van der Waals surface area contributed by atoms with Crippen LogP contribution in [0.2, 0.25) is 0 Å². The van der Waals surface area contributed by atoms with E-state index in [0.717, 1.165) is 61.8 Å². The molecule has 3 aromatic rings. The van der Waals surface area contributed by atoms with Gasteiger partial charge < -0.3 is 4.90 Å². The summed E-state index contributed by atoms with van der Waals surface area (Å²) in [5, 5.41) is 10.1. The first-order chi connectivity index (χ1) is 15.1. The monoisotopic (exact) mass is 413 g/mol. The summed E-state index contributed by atoms with van der Waals surface area (Å²) in [5.41, 5.74) is 3.26. The van der Waals surface area contributed by atoms with Gasteiger partial charge in [-0.25, -0.2) is 0 Å². The van der Waals surface area contributed by atoms with Crippen molar-refractivity contribution >= 4 is 22.4 Å². The summed E-state index contributed by atoms with van der Waals surface area (Å²) < 4.78 is 0. The fourth-order valence-electron chi connectivity index (χ4n) is 4.59. The number of Topliss-reactive ketones (excluding diaryl/α,β-unsaturated/α-hetero) is 1. The van der Waals surface area contributed by atoms with Crippen LogP contribution in [0.15, 0.2) is 60.8 Å². The molecule has 2 heterocycles. The minimum Gasteiger partial charge on any atom is -0.361 e. The topological polar surface area (TPSA) is 57.1 Å². The third kappa shape index (κ3) is 5.38. The van der Waals surface area contributed by atoms with Crippen molar-refractivity contribution in [3.63, 3.8) is 0 Å². The van der Waals surface area contributed by atoms with Crippen molar-refractivity contribution in [2.24, 2.45) is 5.92 Å². The van der Waals surface area contributed by atoms with Crippen molar-refractivity contribution < 1.29 is 4.79 Å². The molecule has 1 saturated heterocycles. The number of rotatable bonds is 7. The minimum atomic E-state index is 0.206. The minimum absolute atomic E-state index is 0.206. The van der Waals surface area contributed by atoms with Crippen molar-refractivity contribution in [1.29, 1.82) is 5.41 Å². The maximum Gasteiger partial charge on any atom is 0.162 e. The fourth-order valence-corrected chi connectivity index (χ4v) is 4.59. The Balaban J connectivity index is 1.32. The summed E-state index contributed by atoms with van der Waals surface area (Å²) in [5.74, 6) is 1.53. The van der Waals surface area contributed by atoms with E-state index < -0.39 is 0 Å². The van der Waals surface area contributed by atoms with Gasteiger partial charge in [0.05, 0.1) is 5.84 Å². The van der Waals surface area contributed by atoms with Gasteiger partial charge in [0, 0.05) is 37.0 Å². The lowest BCUT2D eigenvalue weighted by atomic mass is 9.89. The van der Waals surface area contributed by atoms with Gasteiger partial charge in [-0.3, -0.25) is 15.2 Å². The molecule has 1 N–H and O–H groups in total. The summed E-state index contributed by atoms with van der Waals surface area (Å²) in [7, 11) is 0. The van der Waals surface area contributed by atoms with E-state index in [1.165, 1.54) is 10.9 Å². The van der Waals surface area contributed by atoms with E-state index >= 15 is 0 Å². The van der Waals surface area contributed by atoms with Gasteiger partial charge in [0.2, 0.25) is 0 Å². The molecule has 31 heavy (non-hydrogen) atoms. The molecule has 0 atom stereocenters. The van der Waals surface area contributed by atoms with Crippen LogP contribution in [0.1, 0.15) is 54.2 Å². The highest BCUT2D eigenvalue weighted by Crippen LogP contribution is 2.24. The summed E-state index contributed by atoms with van der Waals surface area (Å²) in [6.45, 7) is 3.84. The van der Waals surface area contributed by atoms with Crippen LogP contribution in [0.5, 0.6) is 0 Å². The number of likely N-dealkylation sites (tertiary alicyclic amines) is 1. The van der Waals surface area contributed by atoms with E-state index in [1.54, 1.807) is 0 Å². The molecule has 0 saturated carbocycles. The summed E-state index contributed by atoms with van der Waals surface area (Å²) in [6.07, 6.45) is 7.38. The molecule has 0 aliphatic carbocycles. The van der Waals surface area contributed by atoms with Crippen LogP contribution in [0, 0.1) is 11.3 Å². The number of hydrogen-bond donors (Lipinski definition) is 1. The van der Waals surface area contributed by atoms with Crippen molar-refractivity contribution in [1.82, 2.24) is 9.88 Å². The molecule has 4 rings (SSSR count). The number of carbonyl (C=O) groups excluding carboxylic acids is 1. The van der Waals surface area contributed by atoms with Crippen molar-refractivity contribution in [2.75, 3.05) is 13.1 Å². The highest BCUT2D eigenvalue weighted by molar-refractivity contribution is 5.99. The molecular weight excluding hydrogens is 382 g/mol.